The Hall–Kier alpha value is -8.33. The standard InChI is InChI=1S/C19H18N4O.C12H12N4O.C11H18BNO3.C7H6BrN3.C7H6O/c1-12-18(13(2)24-23-12)15-8-16(19-17(9-15)21-11-22-19)20-10-14-6-4-3-5-7-14;1-6-11(7(2)17-16-6)8-3-9(13)12-10(4-8)14-5-15-12;1-7-9(8(2)14-13-7)12-15-10(3,4)11(5,6)16-12;8-4-1-5(9)7-6(2-4)10-3-11-7;8-6-7-4-2-1-3-5-7/h3-9,11,20H,10H2,1-2H3,(H,21,22);3-5H,13H2,1-2H3,(H,14,15);1-6H3;1-3H,9H2,(H,10,11);1-6H. The van der Waals surface area contributed by atoms with Crippen LogP contribution in [0.5, 0.6) is 0 Å². The Morgan fingerprint density at radius 1 is 0.592 bits per heavy atom. The van der Waals surface area contributed by atoms with Gasteiger partial charge in [-0.2, -0.15) is 0 Å². The Morgan fingerprint density at radius 3 is 1.54 bits per heavy atom. The van der Waals surface area contributed by atoms with E-state index in [0.717, 1.165) is 124 Å². The Balaban J connectivity index is 0.000000132. The highest BCUT2D eigenvalue weighted by molar-refractivity contribution is 9.10. The normalized spacial score (nSPS) is 13.2. The lowest BCUT2D eigenvalue weighted by Gasteiger charge is -2.32. The third kappa shape index (κ3) is 12.1. The second-order valence-electron chi connectivity index (χ2n) is 19.1. The number of carbonyl (C=O) groups excluding carboxylic acids is 1. The van der Waals surface area contributed by atoms with Gasteiger partial charge in [0.25, 0.3) is 0 Å². The van der Waals surface area contributed by atoms with Crippen LogP contribution in [0.3, 0.4) is 0 Å². The number of rotatable bonds is 7. The number of nitrogens with two attached hydrogens (primary N) is 2. The zero-order chi connectivity index (χ0) is 54.3. The molecule has 0 unspecified atom stereocenters. The molecule has 7 heterocycles. The number of aldehydes is 1. The molecular formula is C56H60BBrN12O6. The zero-order valence-corrected chi connectivity index (χ0v) is 45.6. The molecule has 0 saturated carbocycles. The van der Waals surface area contributed by atoms with Crippen LogP contribution in [0.15, 0.2) is 134 Å². The maximum absolute atomic E-state index is 10.0. The molecule has 5 aromatic carbocycles. The van der Waals surface area contributed by atoms with Crippen LogP contribution in [0.1, 0.15) is 78.0 Å². The van der Waals surface area contributed by atoms with Gasteiger partial charge < -0.3 is 54.6 Å². The van der Waals surface area contributed by atoms with Gasteiger partial charge in [0.05, 0.1) is 80.9 Å². The van der Waals surface area contributed by atoms with E-state index < -0.39 is 0 Å². The fourth-order valence-corrected chi connectivity index (χ4v) is 8.97. The number of aromatic nitrogens is 9. The van der Waals surface area contributed by atoms with E-state index in [1.807, 2.05) is 130 Å². The summed E-state index contributed by atoms with van der Waals surface area (Å²) in [6, 6.07) is 31.3. The molecule has 0 radical (unpaired) electrons. The van der Waals surface area contributed by atoms with Gasteiger partial charge in [0.2, 0.25) is 0 Å². The van der Waals surface area contributed by atoms with Crippen molar-refractivity contribution in [1.82, 2.24) is 45.4 Å². The molecule has 12 rings (SSSR count). The van der Waals surface area contributed by atoms with E-state index in [4.69, 9.17) is 34.3 Å². The first-order chi connectivity index (χ1) is 36.3. The van der Waals surface area contributed by atoms with Crippen molar-refractivity contribution in [2.24, 2.45) is 0 Å². The lowest BCUT2D eigenvalue weighted by Crippen LogP contribution is -2.41. The van der Waals surface area contributed by atoms with Gasteiger partial charge >= 0.3 is 7.12 Å². The molecule has 8 N–H and O–H groups in total. The number of carbonyl (C=O) groups is 1. The quantitative estimate of drug-likeness (QED) is 0.0492. The summed E-state index contributed by atoms with van der Waals surface area (Å²) in [7, 11) is -0.378. The summed E-state index contributed by atoms with van der Waals surface area (Å²) >= 11 is 3.34. The van der Waals surface area contributed by atoms with Crippen LogP contribution in [0.25, 0.3) is 55.4 Å². The van der Waals surface area contributed by atoms with Gasteiger partial charge in [-0.1, -0.05) is 92.1 Å². The molecule has 0 spiro atoms. The second kappa shape index (κ2) is 23.1. The predicted molar refractivity (Wildman–Crippen MR) is 302 cm³/mol. The first-order valence-electron chi connectivity index (χ1n) is 24.3. The van der Waals surface area contributed by atoms with Gasteiger partial charge in [-0.25, -0.2) is 15.0 Å². The van der Waals surface area contributed by atoms with Crippen molar-refractivity contribution >= 4 is 85.0 Å². The lowest BCUT2D eigenvalue weighted by atomic mass is 9.77. The van der Waals surface area contributed by atoms with E-state index in [9.17, 15) is 4.79 Å². The maximum atomic E-state index is 10.0. The average Bonchev–Trinajstić information content (AvgIpc) is 4.29. The summed E-state index contributed by atoms with van der Waals surface area (Å²) in [5, 5.41) is 15.4. The minimum absolute atomic E-state index is 0.326. The summed E-state index contributed by atoms with van der Waals surface area (Å²) in [6.07, 6.45) is 5.82. The molecule has 390 valence electrons. The fourth-order valence-electron chi connectivity index (χ4n) is 8.49. The summed E-state index contributed by atoms with van der Waals surface area (Å²) in [6.45, 7) is 20.4. The molecule has 20 heteroatoms. The number of imidazole rings is 3. The molecule has 1 aliphatic rings. The maximum Gasteiger partial charge on any atom is 0.500 e. The Kier molecular flexibility index (Phi) is 16.4. The summed E-state index contributed by atoms with van der Waals surface area (Å²) in [5.74, 6) is 2.37. The van der Waals surface area contributed by atoms with Gasteiger partial charge in [-0.05, 0) is 122 Å². The largest absolute Gasteiger partial charge is 0.500 e. The third-order valence-corrected chi connectivity index (χ3v) is 13.5. The smallest absolute Gasteiger partial charge is 0.399 e. The van der Waals surface area contributed by atoms with Gasteiger partial charge in [0, 0.05) is 33.2 Å². The first-order valence-corrected chi connectivity index (χ1v) is 25.1. The Labute approximate surface area is 448 Å². The number of H-pyrrole nitrogens is 3. The van der Waals surface area contributed by atoms with Crippen LogP contribution in [-0.4, -0.2) is 70.0 Å². The van der Waals surface area contributed by atoms with Gasteiger partial charge in [-0.3, -0.25) is 4.79 Å². The van der Waals surface area contributed by atoms with Crippen LogP contribution >= 0.6 is 15.9 Å². The number of nitrogens with zero attached hydrogens (tertiary/aromatic N) is 6. The molecule has 0 atom stereocenters. The van der Waals surface area contributed by atoms with E-state index >= 15 is 0 Å². The minimum Gasteiger partial charge on any atom is -0.399 e. The molecule has 11 aromatic rings. The molecule has 76 heavy (non-hydrogen) atoms. The van der Waals surface area contributed by atoms with Crippen molar-refractivity contribution in [2.75, 3.05) is 16.8 Å². The molecule has 18 nitrogen and oxygen atoms in total. The van der Waals surface area contributed by atoms with Crippen LogP contribution in [0.4, 0.5) is 17.1 Å². The molecule has 6 aromatic heterocycles. The number of halogens is 1. The van der Waals surface area contributed by atoms with E-state index in [-0.39, 0.29) is 18.3 Å². The topological polar surface area (TPSA) is 264 Å². The number of benzene rings is 5. The second-order valence-corrected chi connectivity index (χ2v) is 20.0. The van der Waals surface area contributed by atoms with Crippen molar-refractivity contribution in [3.05, 3.63) is 166 Å². The van der Waals surface area contributed by atoms with Crippen LogP contribution in [0, 0.1) is 41.5 Å². The number of aryl methyl sites for hydroxylation is 6. The number of nitrogen functional groups attached to an aromatic ring is 2. The van der Waals surface area contributed by atoms with Crippen molar-refractivity contribution in [1.29, 1.82) is 0 Å². The Morgan fingerprint density at radius 2 is 1.05 bits per heavy atom. The van der Waals surface area contributed by atoms with Crippen LogP contribution < -0.4 is 22.2 Å². The lowest BCUT2D eigenvalue weighted by molar-refractivity contribution is 0.00578. The molecule has 0 bridgehead atoms. The highest BCUT2D eigenvalue weighted by Crippen LogP contribution is 2.37. The van der Waals surface area contributed by atoms with Gasteiger partial charge in [-0.15, -0.1) is 0 Å². The highest BCUT2D eigenvalue weighted by Gasteiger charge is 2.53. The van der Waals surface area contributed by atoms with E-state index in [2.05, 4.69) is 90.9 Å². The number of aromatic amines is 3. The van der Waals surface area contributed by atoms with E-state index in [1.165, 1.54) is 5.56 Å². The number of hydrogen-bond acceptors (Lipinski definition) is 15. The van der Waals surface area contributed by atoms with Gasteiger partial charge in [0.1, 0.15) is 40.1 Å². The molecule has 1 fully saturated rings. The van der Waals surface area contributed by atoms with E-state index in [1.54, 1.807) is 31.1 Å². The SMILES string of the molecule is Cc1noc(C)c1-c1cc(N)c2nc[nH]c2c1.Cc1noc(C)c1-c1cc(NCc2ccccc2)c2nc[nH]c2c1.Cc1noc(C)c1B1OC(C)(C)C(C)(C)O1.Nc1cc(Br)cc2[nH]cnc12.O=Cc1ccccc1. The molecule has 0 aliphatic carbocycles. The van der Waals surface area contributed by atoms with Crippen LogP contribution in [0.2, 0.25) is 0 Å². The average molecular weight is 1090 g/mol. The summed E-state index contributed by atoms with van der Waals surface area (Å²) in [4.78, 5) is 31.9. The number of fused-ring (bicyclic) bond motifs is 3. The number of anilines is 3. The monoisotopic (exact) mass is 1090 g/mol. The van der Waals surface area contributed by atoms with Crippen molar-refractivity contribution in [3.8, 4) is 22.3 Å². The van der Waals surface area contributed by atoms with Crippen molar-refractivity contribution < 1.29 is 27.7 Å². The number of hydrogen-bond donors (Lipinski definition) is 6. The summed E-state index contributed by atoms with van der Waals surface area (Å²) in [5.41, 5.74) is 28.3. The first kappa shape index (κ1) is 54.0. The van der Waals surface area contributed by atoms with E-state index in [0.29, 0.717) is 11.4 Å². The molecular weight excluding hydrogens is 1030 g/mol. The summed E-state index contributed by atoms with van der Waals surface area (Å²) < 4.78 is 28.5. The molecule has 0 amide bonds. The van der Waals surface area contributed by atoms with Gasteiger partial charge in [0.15, 0.2) is 0 Å². The molecule has 1 aliphatic heterocycles. The highest BCUT2D eigenvalue weighted by atomic mass is 79.9. The van der Waals surface area contributed by atoms with Crippen molar-refractivity contribution in [2.45, 2.75) is 87.0 Å². The minimum atomic E-state index is -0.378. The van der Waals surface area contributed by atoms with Crippen molar-refractivity contribution in [3.63, 3.8) is 0 Å². The zero-order valence-electron chi connectivity index (χ0n) is 44.0. The van der Waals surface area contributed by atoms with Crippen LogP contribution in [-0.2, 0) is 15.9 Å². The number of nitrogens with one attached hydrogen (secondary N) is 4. The predicted octanol–water partition coefficient (Wildman–Crippen LogP) is 11.9. The molecule has 1 saturated heterocycles. The fraction of sp³-hybridized carbons (Fsp3) is 0.232. The third-order valence-electron chi connectivity index (χ3n) is 13.1. The Bertz CT molecular complexity index is 3650.